The Morgan fingerprint density at radius 3 is 1.00 bits per heavy atom. The maximum absolute atomic E-state index is 4.90. The molecule has 0 aromatic carbocycles. The zero-order valence-corrected chi connectivity index (χ0v) is 5.21. The summed E-state index contributed by atoms with van der Waals surface area (Å²) in [5, 5.41) is 0. The highest BCUT2D eigenvalue weighted by Crippen LogP contribution is 1.24. The number of rotatable bonds is 1. The van der Waals surface area contributed by atoms with Crippen LogP contribution in [-0.2, 0) is 0 Å². The van der Waals surface area contributed by atoms with Gasteiger partial charge in [-0.25, -0.2) is 0 Å². The van der Waals surface area contributed by atoms with Gasteiger partial charge in [0.15, 0.2) is 0 Å². The van der Waals surface area contributed by atoms with Gasteiger partial charge in [-0.05, 0) is 0 Å². The van der Waals surface area contributed by atoms with E-state index in [4.69, 9.17) is 11.5 Å². The van der Waals surface area contributed by atoms with Crippen molar-refractivity contribution in [1.82, 2.24) is 12.3 Å². The van der Waals surface area contributed by atoms with E-state index < -0.39 is 0 Å². The largest absolute Gasteiger partial charge is 0.344 e. The Labute approximate surface area is 50.2 Å². The van der Waals surface area contributed by atoms with Crippen LogP contribution in [0.25, 0.3) is 0 Å². The van der Waals surface area contributed by atoms with Gasteiger partial charge in [-0.15, -0.1) is 12.4 Å². The highest BCUT2D eigenvalue weighted by molar-refractivity contribution is 5.85. The fraction of sp³-hybridized carbons (Fsp3) is 1.00. The molecule has 0 unspecified atom stereocenters. The Morgan fingerprint density at radius 1 is 0.857 bits per heavy atom. The van der Waals surface area contributed by atoms with Gasteiger partial charge in [0.1, 0.15) is 0 Å². The Hall–Kier alpha value is 0.130. The summed E-state index contributed by atoms with van der Waals surface area (Å²) in [6.45, 7) is 1.19. The molecule has 0 rings (SSSR count). The van der Waals surface area contributed by atoms with E-state index in [1.54, 1.807) is 0 Å². The van der Waals surface area contributed by atoms with Crippen LogP contribution < -0.4 is 23.8 Å². The van der Waals surface area contributed by atoms with Gasteiger partial charge >= 0.3 is 0 Å². The van der Waals surface area contributed by atoms with Gasteiger partial charge in [-0.3, -0.25) is 0 Å². The molecule has 0 spiro atoms. The van der Waals surface area contributed by atoms with E-state index in [0.717, 1.165) is 0 Å². The van der Waals surface area contributed by atoms with Crippen molar-refractivity contribution in [2.24, 2.45) is 11.5 Å². The Morgan fingerprint density at radius 2 is 1.00 bits per heavy atom. The molecule has 0 saturated heterocycles. The summed E-state index contributed by atoms with van der Waals surface area (Å²) in [6.07, 6.45) is 0. The summed E-state index contributed by atoms with van der Waals surface area (Å²) in [4.78, 5) is 0. The molecule has 0 amide bonds. The lowest BCUT2D eigenvalue weighted by Crippen LogP contribution is -2.11. The molecule has 50 valence electrons. The third-order valence-corrected chi connectivity index (χ3v) is 0.167. The molecule has 0 aliphatic rings. The maximum Gasteiger partial charge on any atom is 0.00461 e. The summed E-state index contributed by atoms with van der Waals surface area (Å²) < 4.78 is 0. The van der Waals surface area contributed by atoms with Crippen LogP contribution in [0.4, 0.5) is 0 Å². The first kappa shape index (κ1) is 27.3. The normalized spacial score (nSPS) is 4.29. The summed E-state index contributed by atoms with van der Waals surface area (Å²) in [6, 6.07) is 0. The molecule has 0 aliphatic carbocycles. The van der Waals surface area contributed by atoms with Crippen molar-refractivity contribution in [3.63, 3.8) is 0 Å². The quantitative estimate of drug-likeness (QED) is 0.388. The van der Waals surface area contributed by atoms with Crippen LogP contribution in [-0.4, -0.2) is 13.1 Å². The third-order valence-electron chi connectivity index (χ3n) is 0.167. The molecule has 0 saturated carbocycles. The van der Waals surface area contributed by atoms with E-state index in [2.05, 4.69) is 0 Å². The molecule has 0 heterocycles. The van der Waals surface area contributed by atoms with Crippen molar-refractivity contribution < 1.29 is 0 Å². The zero-order chi connectivity index (χ0) is 3.41. The molecule has 0 aliphatic heterocycles. The fourth-order valence-corrected chi connectivity index (χ4v) is 0. The molecule has 0 radical (unpaired) electrons. The summed E-state index contributed by atoms with van der Waals surface area (Å²) in [7, 11) is 0. The highest BCUT2D eigenvalue weighted by atomic mass is 35.5. The molecule has 0 atom stereocenters. The average Bonchev–Trinajstić information content (AvgIpc) is 1.37. The van der Waals surface area contributed by atoms with Crippen LogP contribution in [0.5, 0.6) is 0 Å². The van der Waals surface area contributed by atoms with Crippen LogP contribution >= 0.6 is 12.4 Å². The molecular weight excluding hydrogens is 116 g/mol. The standard InChI is InChI=1S/C2H8N2.ClH.2H3N/c3-1-2-4;;;/h1-4H2;1H;2*1H3. The van der Waals surface area contributed by atoms with E-state index in [1.165, 1.54) is 0 Å². The van der Waals surface area contributed by atoms with Crippen LogP contribution in [0.15, 0.2) is 0 Å². The number of halogens is 1. The van der Waals surface area contributed by atoms with Gasteiger partial charge < -0.3 is 23.8 Å². The fourth-order valence-electron chi connectivity index (χ4n) is 0. The minimum Gasteiger partial charge on any atom is -0.344 e. The third kappa shape index (κ3) is 81.9. The molecule has 0 aromatic heterocycles. The van der Waals surface area contributed by atoms with Crippen LogP contribution in [0, 0.1) is 0 Å². The van der Waals surface area contributed by atoms with Gasteiger partial charge in [0.05, 0.1) is 0 Å². The van der Waals surface area contributed by atoms with E-state index in [-0.39, 0.29) is 24.7 Å². The summed E-state index contributed by atoms with van der Waals surface area (Å²) in [5.41, 5.74) is 9.81. The second-order valence-electron chi connectivity index (χ2n) is 0.577. The predicted octanol–water partition coefficient (Wildman–Crippen LogP) is -0.350. The molecule has 5 heteroatoms. The first-order valence-corrected chi connectivity index (χ1v) is 1.32. The van der Waals surface area contributed by atoms with Crippen LogP contribution in [0.3, 0.4) is 0 Å². The average molecular weight is 131 g/mol. The SMILES string of the molecule is Cl.N.N.NCCN. The van der Waals surface area contributed by atoms with E-state index >= 15 is 0 Å². The monoisotopic (exact) mass is 130 g/mol. The first-order chi connectivity index (χ1) is 1.91. The minimum absolute atomic E-state index is 0. The number of hydrogen-bond donors (Lipinski definition) is 4. The topological polar surface area (TPSA) is 122 Å². The first-order valence-electron chi connectivity index (χ1n) is 1.32. The van der Waals surface area contributed by atoms with Crippen molar-refractivity contribution in [1.29, 1.82) is 0 Å². The number of hydrogen-bond acceptors (Lipinski definition) is 4. The molecule has 10 N–H and O–H groups in total. The van der Waals surface area contributed by atoms with E-state index in [0.29, 0.717) is 13.1 Å². The van der Waals surface area contributed by atoms with Crippen molar-refractivity contribution in [2.45, 2.75) is 0 Å². The Balaban J connectivity index is -0.0000000150. The zero-order valence-electron chi connectivity index (χ0n) is 4.39. The predicted molar refractivity (Wildman–Crippen MR) is 35.4 cm³/mol. The highest BCUT2D eigenvalue weighted by Gasteiger charge is 1.54. The molecular formula is C2H15ClN4. The smallest absolute Gasteiger partial charge is 0.00461 e. The second kappa shape index (κ2) is 35.6. The lowest BCUT2D eigenvalue weighted by atomic mass is 10.7. The second-order valence-corrected chi connectivity index (χ2v) is 0.577. The maximum atomic E-state index is 4.90. The van der Waals surface area contributed by atoms with E-state index in [1.807, 2.05) is 0 Å². The molecule has 7 heavy (non-hydrogen) atoms. The number of nitrogens with two attached hydrogens (primary N) is 2. The van der Waals surface area contributed by atoms with Crippen molar-refractivity contribution >= 4 is 12.4 Å². The van der Waals surface area contributed by atoms with E-state index in [9.17, 15) is 0 Å². The van der Waals surface area contributed by atoms with Gasteiger partial charge in [0.2, 0.25) is 0 Å². The van der Waals surface area contributed by atoms with Crippen molar-refractivity contribution in [3.8, 4) is 0 Å². The van der Waals surface area contributed by atoms with Crippen LogP contribution in [0.2, 0.25) is 0 Å². The van der Waals surface area contributed by atoms with Gasteiger partial charge in [0.25, 0.3) is 0 Å². The van der Waals surface area contributed by atoms with Gasteiger partial charge in [-0.1, -0.05) is 0 Å². The molecule has 0 bridgehead atoms. The lowest BCUT2D eigenvalue weighted by molar-refractivity contribution is 0.976. The van der Waals surface area contributed by atoms with Crippen LogP contribution in [0.1, 0.15) is 0 Å². The lowest BCUT2D eigenvalue weighted by Gasteiger charge is -1.72. The Bertz CT molecular complexity index is 11.7. The Kier molecular flexibility index (Phi) is 139. The van der Waals surface area contributed by atoms with Gasteiger partial charge in [-0.2, -0.15) is 0 Å². The van der Waals surface area contributed by atoms with Crippen molar-refractivity contribution in [2.75, 3.05) is 13.1 Å². The van der Waals surface area contributed by atoms with Gasteiger partial charge in [0, 0.05) is 13.1 Å². The molecule has 0 fully saturated rings. The summed E-state index contributed by atoms with van der Waals surface area (Å²) >= 11 is 0. The van der Waals surface area contributed by atoms with Crippen molar-refractivity contribution in [3.05, 3.63) is 0 Å². The molecule has 4 nitrogen and oxygen atoms in total. The minimum atomic E-state index is 0. The summed E-state index contributed by atoms with van der Waals surface area (Å²) in [5.74, 6) is 0. The molecule has 0 aromatic rings.